The molecule has 1 heterocycles. The fraction of sp³-hybridized carbons (Fsp3) is 0.240. The quantitative estimate of drug-likeness (QED) is 0.712. The molecule has 1 amide bonds. The molecule has 4 nitrogen and oxygen atoms in total. The molecule has 1 aliphatic heterocycles. The summed E-state index contributed by atoms with van der Waals surface area (Å²) in [4.78, 5) is 17.2. The fourth-order valence-electron chi connectivity index (χ4n) is 4.03. The Labute approximate surface area is 172 Å². The van der Waals surface area contributed by atoms with Gasteiger partial charge >= 0.3 is 0 Å². The zero-order valence-corrected chi connectivity index (χ0v) is 16.4. The van der Waals surface area contributed by atoms with Crippen LogP contribution in [-0.4, -0.2) is 42.1 Å². The van der Waals surface area contributed by atoms with E-state index in [4.69, 9.17) is 0 Å². The summed E-state index contributed by atoms with van der Waals surface area (Å²) in [5.74, 6) is 0.529. The molecule has 3 aromatic carbocycles. The van der Waals surface area contributed by atoms with Crippen molar-refractivity contribution in [1.29, 1.82) is 0 Å². The number of para-hydroxylation sites is 2. The molecule has 1 saturated heterocycles. The lowest BCUT2D eigenvalue weighted by Gasteiger charge is -2.37. The van der Waals surface area contributed by atoms with Gasteiger partial charge in [0.25, 0.3) is 0 Å². The van der Waals surface area contributed by atoms with Crippen LogP contribution < -0.4 is 4.90 Å². The van der Waals surface area contributed by atoms with Crippen LogP contribution in [-0.2, 0) is 4.79 Å². The van der Waals surface area contributed by atoms with Gasteiger partial charge in [-0.1, -0.05) is 72.8 Å². The number of phenolic OH excluding ortho intramolecular Hbond substituents is 1. The average molecular weight is 386 g/mol. The van der Waals surface area contributed by atoms with Crippen molar-refractivity contribution in [2.45, 2.75) is 12.3 Å². The van der Waals surface area contributed by atoms with E-state index in [2.05, 4.69) is 29.2 Å². The summed E-state index contributed by atoms with van der Waals surface area (Å²) in [5, 5.41) is 10.1. The predicted octanol–water partition coefficient (Wildman–Crippen LogP) is 4.26. The number of nitrogens with zero attached hydrogens (tertiary/aromatic N) is 2. The lowest BCUT2D eigenvalue weighted by Crippen LogP contribution is -2.49. The molecule has 0 aromatic heterocycles. The van der Waals surface area contributed by atoms with Gasteiger partial charge in [0.1, 0.15) is 5.75 Å². The molecule has 4 rings (SSSR count). The Bertz CT molecular complexity index is 896. The molecule has 148 valence electrons. The first-order chi connectivity index (χ1) is 14.2. The number of anilines is 1. The van der Waals surface area contributed by atoms with Crippen molar-refractivity contribution in [2.24, 2.45) is 0 Å². The molecule has 0 unspecified atom stereocenters. The zero-order chi connectivity index (χ0) is 20.1. The number of hydrogen-bond donors (Lipinski definition) is 1. The number of phenols is 1. The van der Waals surface area contributed by atoms with Gasteiger partial charge in [0.05, 0.1) is 5.69 Å². The van der Waals surface area contributed by atoms with Gasteiger partial charge in [-0.15, -0.1) is 0 Å². The molecule has 0 spiro atoms. The topological polar surface area (TPSA) is 43.8 Å². The van der Waals surface area contributed by atoms with Crippen LogP contribution >= 0.6 is 0 Å². The van der Waals surface area contributed by atoms with Crippen molar-refractivity contribution in [3.63, 3.8) is 0 Å². The largest absolute Gasteiger partial charge is 0.506 e. The van der Waals surface area contributed by atoms with E-state index in [1.807, 2.05) is 59.5 Å². The molecule has 1 aliphatic rings. The van der Waals surface area contributed by atoms with Crippen molar-refractivity contribution in [3.05, 3.63) is 96.1 Å². The summed E-state index contributed by atoms with van der Waals surface area (Å²) in [6.45, 7) is 2.79. The van der Waals surface area contributed by atoms with E-state index in [9.17, 15) is 9.90 Å². The van der Waals surface area contributed by atoms with Gasteiger partial charge in [-0.3, -0.25) is 4.79 Å². The second-order valence-electron chi connectivity index (χ2n) is 7.43. The van der Waals surface area contributed by atoms with Crippen LogP contribution in [0.25, 0.3) is 0 Å². The van der Waals surface area contributed by atoms with Crippen molar-refractivity contribution in [3.8, 4) is 5.75 Å². The number of benzene rings is 3. The second kappa shape index (κ2) is 8.82. The molecule has 1 N–H and O–H groups in total. The number of rotatable bonds is 5. The third kappa shape index (κ3) is 4.43. The zero-order valence-electron chi connectivity index (χ0n) is 16.4. The van der Waals surface area contributed by atoms with E-state index in [0.717, 1.165) is 18.8 Å². The van der Waals surface area contributed by atoms with Crippen LogP contribution in [0.3, 0.4) is 0 Å². The summed E-state index contributed by atoms with van der Waals surface area (Å²) in [6, 6.07) is 27.9. The number of carbonyl (C=O) groups excluding carboxylic acids is 1. The number of hydrogen-bond acceptors (Lipinski definition) is 3. The third-order valence-electron chi connectivity index (χ3n) is 5.64. The normalized spacial score (nSPS) is 14.2. The molecule has 3 aromatic rings. The Balaban J connectivity index is 1.44. The summed E-state index contributed by atoms with van der Waals surface area (Å²) in [5.41, 5.74) is 3.17. The Kier molecular flexibility index (Phi) is 5.80. The third-order valence-corrected chi connectivity index (χ3v) is 5.64. The van der Waals surface area contributed by atoms with Crippen LogP contribution in [0, 0.1) is 0 Å². The van der Waals surface area contributed by atoms with Gasteiger partial charge < -0.3 is 14.9 Å². The lowest BCUT2D eigenvalue weighted by molar-refractivity contribution is -0.131. The minimum atomic E-state index is 0.0566. The molecule has 0 atom stereocenters. The highest BCUT2D eigenvalue weighted by atomic mass is 16.3. The standard InChI is InChI=1S/C25H26N2O2/c28-24-14-8-7-13-23(24)26-15-17-27(18-16-26)25(29)19-22(20-9-3-1-4-10-20)21-11-5-2-6-12-21/h1-14,22,28H,15-19H2. The van der Waals surface area contributed by atoms with Gasteiger partial charge in [-0.2, -0.15) is 0 Å². The van der Waals surface area contributed by atoms with E-state index in [-0.39, 0.29) is 11.8 Å². The highest BCUT2D eigenvalue weighted by Crippen LogP contribution is 2.30. The molecular formula is C25H26N2O2. The van der Waals surface area contributed by atoms with Crippen LogP contribution in [0.1, 0.15) is 23.5 Å². The molecule has 4 heteroatoms. The molecule has 0 saturated carbocycles. The summed E-state index contributed by atoms with van der Waals surface area (Å²) >= 11 is 0. The second-order valence-corrected chi connectivity index (χ2v) is 7.43. The first-order valence-corrected chi connectivity index (χ1v) is 10.1. The van der Waals surface area contributed by atoms with E-state index in [0.29, 0.717) is 25.3 Å². The summed E-state index contributed by atoms with van der Waals surface area (Å²) in [6.07, 6.45) is 0.463. The molecule has 0 radical (unpaired) electrons. The Morgan fingerprint density at radius 2 is 1.28 bits per heavy atom. The van der Waals surface area contributed by atoms with Crippen LogP contribution in [0.15, 0.2) is 84.9 Å². The SMILES string of the molecule is O=C(CC(c1ccccc1)c1ccccc1)N1CCN(c2ccccc2O)CC1. The maximum Gasteiger partial charge on any atom is 0.223 e. The van der Waals surface area contributed by atoms with Crippen LogP contribution in [0.2, 0.25) is 0 Å². The van der Waals surface area contributed by atoms with E-state index < -0.39 is 0 Å². The van der Waals surface area contributed by atoms with Crippen LogP contribution in [0.5, 0.6) is 5.75 Å². The predicted molar refractivity (Wildman–Crippen MR) is 116 cm³/mol. The fourth-order valence-corrected chi connectivity index (χ4v) is 4.03. The average Bonchev–Trinajstić information content (AvgIpc) is 2.79. The van der Waals surface area contributed by atoms with Gasteiger partial charge in [0.2, 0.25) is 5.91 Å². The van der Waals surface area contributed by atoms with Crippen molar-refractivity contribution in [1.82, 2.24) is 4.90 Å². The van der Waals surface area contributed by atoms with Gasteiger partial charge in [0.15, 0.2) is 0 Å². The van der Waals surface area contributed by atoms with Gasteiger partial charge in [-0.05, 0) is 23.3 Å². The Morgan fingerprint density at radius 1 is 0.759 bits per heavy atom. The molecule has 29 heavy (non-hydrogen) atoms. The number of amides is 1. The Morgan fingerprint density at radius 3 is 1.83 bits per heavy atom. The molecule has 0 bridgehead atoms. The van der Waals surface area contributed by atoms with Gasteiger partial charge in [0, 0.05) is 38.5 Å². The first kappa shape index (κ1) is 19.1. The highest BCUT2D eigenvalue weighted by Gasteiger charge is 2.26. The highest BCUT2D eigenvalue weighted by molar-refractivity contribution is 5.78. The van der Waals surface area contributed by atoms with E-state index in [1.54, 1.807) is 6.07 Å². The minimum Gasteiger partial charge on any atom is -0.506 e. The maximum atomic E-state index is 13.1. The van der Waals surface area contributed by atoms with Crippen molar-refractivity contribution >= 4 is 11.6 Å². The maximum absolute atomic E-state index is 13.1. The Hall–Kier alpha value is -3.27. The lowest BCUT2D eigenvalue weighted by atomic mass is 9.88. The number of aromatic hydroxyl groups is 1. The first-order valence-electron chi connectivity index (χ1n) is 10.1. The summed E-state index contributed by atoms with van der Waals surface area (Å²) in [7, 11) is 0. The minimum absolute atomic E-state index is 0.0566. The summed E-state index contributed by atoms with van der Waals surface area (Å²) < 4.78 is 0. The molecular weight excluding hydrogens is 360 g/mol. The molecule has 0 aliphatic carbocycles. The van der Waals surface area contributed by atoms with E-state index in [1.165, 1.54) is 11.1 Å². The van der Waals surface area contributed by atoms with Crippen molar-refractivity contribution < 1.29 is 9.90 Å². The van der Waals surface area contributed by atoms with E-state index >= 15 is 0 Å². The monoisotopic (exact) mass is 386 g/mol. The van der Waals surface area contributed by atoms with Crippen LogP contribution in [0.4, 0.5) is 5.69 Å². The number of carbonyl (C=O) groups is 1. The van der Waals surface area contributed by atoms with Gasteiger partial charge in [-0.25, -0.2) is 0 Å². The number of piperazine rings is 1. The smallest absolute Gasteiger partial charge is 0.223 e. The molecule has 1 fully saturated rings. The van der Waals surface area contributed by atoms with Crippen molar-refractivity contribution in [2.75, 3.05) is 31.1 Å².